The van der Waals surface area contributed by atoms with Gasteiger partial charge in [0.2, 0.25) is 11.2 Å². The molecule has 0 unspecified atom stereocenters. The van der Waals surface area contributed by atoms with Crippen LogP contribution in [0.3, 0.4) is 0 Å². The summed E-state index contributed by atoms with van der Waals surface area (Å²) in [5.41, 5.74) is 2.13. The number of allylic oxidation sites excluding steroid dienone is 1. The summed E-state index contributed by atoms with van der Waals surface area (Å²) >= 11 is 2.78. The molecule has 2 fully saturated rings. The summed E-state index contributed by atoms with van der Waals surface area (Å²) < 4.78 is 5.56. The molecule has 0 radical (unpaired) electrons. The zero-order chi connectivity index (χ0) is 21.3. The van der Waals surface area contributed by atoms with Crippen molar-refractivity contribution in [2.75, 3.05) is 5.75 Å². The maximum atomic E-state index is 12.8. The Morgan fingerprint density at radius 1 is 1.40 bits per heavy atom. The van der Waals surface area contributed by atoms with E-state index >= 15 is 0 Å². The number of thioether (sulfide) groups is 1. The van der Waals surface area contributed by atoms with Crippen LogP contribution < -0.4 is 0 Å². The molecule has 1 aromatic heterocycles. The standard InChI is InChI=1S/C23H22N2O3S2/c1-23(2)16(11-15-8-9-29-22(15)27)20(23)21(26)28-18(12-24)17-13-30-19(25-17)10-14-6-4-3-5-7-14/h3-7,11,13,16,18,20H,8-10H2,1-2H3/t16-,18-,20-/m0/s1. The van der Waals surface area contributed by atoms with Crippen molar-refractivity contribution in [3.05, 3.63) is 63.6 Å². The van der Waals surface area contributed by atoms with Crippen molar-refractivity contribution in [3.63, 3.8) is 0 Å². The minimum absolute atomic E-state index is 0.0360. The molecule has 0 bridgehead atoms. The van der Waals surface area contributed by atoms with Crippen LogP contribution in [0.15, 0.2) is 47.4 Å². The monoisotopic (exact) mass is 438 g/mol. The van der Waals surface area contributed by atoms with E-state index in [1.807, 2.05) is 50.3 Å². The molecule has 3 atom stereocenters. The SMILES string of the molecule is CC1(C)[C@H](C(=O)O[C@@H](C#N)c2csc(Cc3ccccc3)n2)[C@@H]1C=C1CCSC1=O. The molecular formula is C23H22N2O3S2. The van der Waals surface area contributed by atoms with Gasteiger partial charge in [-0.25, -0.2) is 4.98 Å². The lowest BCUT2D eigenvalue weighted by molar-refractivity contribution is -0.149. The summed E-state index contributed by atoms with van der Waals surface area (Å²) in [6.07, 6.45) is 2.35. The van der Waals surface area contributed by atoms with Crippen LogP contribution in [-0.2, 0) is 20.7 Å². The zero-order valence-corrected chi connectivity index (χ0v) is 18.5. The van der Waals surface area contributed by atoms with Crippen LogP contribution in [0.25, 0.3) is 0 Å². The summed E-state index contributed by atoms with van der Waals surface area (Å²) in [5, 5.41) is 12.3. The molecule has 4 rings (SSSR count). The van der Waals surface area contributed by atoms with Gasteiger partial charge in [-0.2, -0.15) is 5.26 Å². The minimum atomic E-state index is -1.02. The number of rotatable bonds is 6. The van der Waals surface area contributed by atoms with Crippen molar-refractivity contribution in [2.45, 2.75) is 32.8 Å². The van der Waals surface area contributed by atoms with Crippen molar-refractivity contribution >= 4 is 34.2 Å². The molecule has 1 aliphatic carbocycles. The first-order valence-electron chi connectivity index (χ1n) is 9.86. The highest BCUT2D eigenvalue weighted by Gasteiger charge is 2.62. The highest BCUT2D eigenvalue weighted by molar-refractivity contribution is 8.14. The van der Waals surface area contributed by atoms with Crippen molar-refractivity contribution in [3.8, 4) is 6.07 Å². The van der Waals surface area contributed by atoms with Gasteiger partial charge in [-0.15, -0.1) is 11.3 Å². The number of carbonyl (C=O) groups is 2. The third-order valence-electron chi connectivity index (χ3n) is 5.80. The highest BCUT2D eigenvalue weighted by Crippen LogP contribution is 2.60. The molecule has 0 spiro atoms. The third-order valence-corrected chi connectivity index (χ3v) is 7.60. The van der Waals surface area contributed by atoms with Gasteiger partial charge in [0.05, 0.1) is 10.9 Å². The Bertz CT molecular complexity index is 1040. The molecule has 1 saturated carbocycles. The van der Waals surface area contributed by atoms with Gasteiger partial charge >= 0.3 is 5.97 Å². The Morgan fingerprint density at radius 3 is 2.83 bits per heavy atom. The normalized spacial score (nSPS) is 24.4. The van der Waals surface area contributed by atoms with E-state index < -0.39 is 12.1 Å². The van der Waals surface area contributed by atoms with E-state index in [0.29, 0.717) is 12.1 Å². The zero-order valence-electron chi connectivity index (χ0n) is 16.8. The number of carbonyl (C=O) groups excluding carboxylic acids is 2. The smallest absolute Gasteiger partial charge is 0.311 e. The van der Waals surface area contributed by atoms with Gasteiger partial charge in [-0.3, -0.25) is 9.59 Å². The lowest BCUT2D eigenvalue weighted by Crippen LogP contribution is -2.15. The summed E-state index contributed by atoms with van der Waals surface area (Å²) in [6.45, 7) is 3.99. The van der Waals surface area contributed by atoms with Crippen LogP contribution in [0.1, 0.15) is 42.6 Å². The van der Waals surface area contributed by atoms with Gasteiger partial charge in [-0.1, -0.05) is 62.0 Å². The Hall–Kier alpha value is -2.43. The summed E-state index contributed by atoms with van der Waals surface area (Å²) in [5.74, 6) is 0.0234. The first-order chi connectivity index (χ1) is 14.4. The van der Waals surface area contributed by atoms with Crippen LogP contribution in [0.2, 0.25) is 0 Å². The molecule has 0 amide bonds. The molecular weight excluding hydrogens is 416 g/mol. The summed E-state index contributed by atoms with van der Waals surface area (Å²) in [4.78, 5) is 29.2. The number of benzene rings is 1. The molecule has 2 aromatic rings. The molecule has 0 N–H and O–H groups in total. The molecule has 7 heteroatoms. The summed E-state index contributed by atoms with van der Waals surface area (Å²) in [6, 6.07) is 12.0. The predicted molar refractivity (Wildman–Crippen MR) is 117 cm³/mol. The average molecular weight is 439 g/mol. The van der Waals surface area contributed by atoms with E-state index in [-0.39, 0.29) is 22.4 Å². The van der Waals surface area contributed by atoms with E-state index in [2.05, 4.69) is 11.1 Å². The maximum absolute atomic E-state index is 12.8. The van der Waals surface area contributed by atoms with E-state index in [1.54, 1.807) is 5.38 Å². The summed E-state index contributed by atoms with van der Waals surface area (Å²) in [7, 11) is 0. The third kappa shape index (κ3) is 4.21. The Balaban J connectivity index is 1.42. The van der Waals surface area contributed by atoms with Crippen LogP contribution >= 0.6 is 23.1 Å². The lowest BCUT2D eigenvalue weighted by atomic mass is 10.1. The second kappa shape index (κ2) is 8.37. The van der Waals surface area contributed by atoms with Crippen molar-refractivity contribution in [1.82, 2.24) is 4.98 Å². The lowest BCUT2D eigenvalue weighted by Gasteiger charge is -2.09. The van der Waals surface area contributed by atoms with Crippen molar-refractivity contribution < 1.29 is 14.3 Å². The fourth-order valence-corrected chi connectivity index (χ4v) is 5.60. The number of aromatic nitrogens is 1. The fraction of sp³-hybridized carbons (Fsp3) is 0.391. The Kier molecular flexibility index (Phi) is 5.81. The first kappa shape index (κ1) is 20.8. The molecule has 5 nitrogen and oxygen atoms in total. The molecule has 154 valence electrons. The van der Waals surface area contributed by atoms with Gasteiger partial charge < -0.3 is 4.74 Å². The van der Waals surface area contributed by atoms with Gasteiger partial charge in [0, 0.05) is 23.1 Å². The number of esters is 1. The topological polar surface area (TPSA) is 80.1 Å². The van der Waals surface area contributed by atoms with Crippen molar-refractivity contribution in [2.24, 2.45) is 17.3 Å². The van der Waals surface area contributed by atoms with E-state index in [9.17, 15) is 14.9 Å². The number of nitrogens with zero attached hydrogens (tertiary/aromatic N) is 2. The second-order valence-corrected chi connectivity index (χ2v) is 10.2. The van der Waals surface area contributed by atoms with Gasteiger partial charge in [0.1, 0.15) is 11.8 Å². The van der Waals surface area contributed by atoms with E-state index in [1.165, 1.54) is 23.1 Å². The van der Waals surface area contributed by atoms with Crippen LogP contribution in [0, 0.1) is 28.6 Å². The van der Waals surface area contributed by atoms with Gasteiger partial charge in [0.25, 0.3) is 0 Å². The average Bonchev–Trinajstić information content (AvgIpc) is 3.08. The van der Waals surface area contributed by atoms with Gasteiger partial charge in [0.15, 0.2) is 0 Å². The van der Waals surface area contributed by atoms with E-state index in [4.69, 9.17) is 4.74 Å². The molecule has 30 heavy (non-hydrogen) atoms. The quantitative estimate of drug-likeness (QED) is 0.480. The molecule has 1 saturated heterocycles. The largest absolute Gasteiger partial charge is 0.440 e. The fourth-order valence-electron chi connectivity index (χ4n) is 3.89. The number of ether oxygens (including phenoxy) is 1. The Labute approximate surface area is 184 Å². The first-order valence-corrected chi connectivity index (χ1v) is 11.7. The predicted octanol–water partition coefficient (Wildman–Crippen LogP) is 4.70. The molecule has 1 aliphatic heterocycles. The number of hydrogen-bond donors (Lipinski definition) is 0. The maximum Gasteiger partial charge on any atom is 0.311 e. The number of nitriles is 1. The van der Waals surface area contributed by atoms with E-state index in [0.717, 1.165) is 28.3 Å². The highest BCUT2D eigenvalue weighted by atomic mass is 32.2. The molecule has 2 heterocycles. The van der Waals surface area contributed by atoms with Crippen LogP contribution in [0.5, 0.6) is 0 Å². The number of thiazole rings is 1. The minimum Gasteiger partial charge on any atom is -0.440 e. The van der Waals surface area contributed by atoms with Crippen molar-refractivity contribution in [1.29, 1.82) is 5.26 Å². The van der Waals surface area contributed by atoms with Crippen LogP contribution in [-0.4, -0.2) is 21.8 Å². The number of hydrogen-bond acceptors (Lipinski definition) is 7. The van der Waals surface area contributed by atoms with Gasteiger partial charge in [-0.05, 0) is 23.3 Å². The second-order valence-electron chi connectivity index (χ2n) is 8.18. The molecule has 1 aromatic carbocycles. The molecule has 2 aliphatic rings. The Morgan fingerprint density at radius 2 is 2.17 bits per heavy atom. The van der Waals surface area contributed by atoms with Crippen LogP contribution in [0.4, 0.5) is 0 Å².